The van der Waals surface area contributed by atoms with Crippen LogP contribution in [0, 0.1) is 0 Å². The van der Waals surface area contributed by atoms with Crippen molar-refractivity contribution in [3.8, 4) is 0 Å². The number of benzene rings is 1. The fraction of sp³-hybridized carbons (Fsp3) is 0.368. The zero-order valence-electron chi connectivity index (χ0n) is 15.3. The first-order valence-electron chi connectivity index (χ1n) is 9.21. The van der Waals surface area contributed by atoms with Crippen LogP contribution in [0.5, 0.6) is 0 Å². The van der Waals surface area contributed by atoms with Crippen LogP contribution in [0.4, 0.5) is 5.82 Å². The van der Waals surface area contributed by atoms with E-state index in [0.29, 0.717) is 16.7 Å². The second-order valence-corrected chi connectivity index (χ2v) is 7.39. The van der Waals surface area contributed by atoms with Crippen LogP contribution in [0.3, 0.4) is 0 Å². The van der Waals surface area contributed by atoms with Gasteiger partial charge in [-0.05, 0) is 12.1 Å². The Balaban J connectivity index is 1.32. The van der Waals surface area contributed by atoms with Crippen molar-refractivity contribution < 1.29 is 24.5 Å². The molecule has 0 radical (unpaired) electrons. The number of fused-ring (bicyclic) bond motifs is 1. The lowest BCUT2D eigenvalue weighted by Crippen LogP contribution is -2.56. The number of aliphatic hydroxyl groups is 2. The minimum absolute atomic E-state index is 0.216. The van der Waals surface area contributed by atoms with E-state index in [-0.39, 0.29) is 18.7 Å². The second-order valence-electron chi connectivity index (χ2n) is 7.39. The Morgan fingerprint density at radius 3 is 2.72 bits per heavy atom. The summed E-state index contributed by atoms with van der Waals surface area (Å²) >= 11 is 0. The van der Waals surface area contributed by atoms with Gasteiger partial charge in [0.15, 0.2) is 17.7 Å². The molecule has 3 aromatic rings. The quantitative estimate of drug-likeness (QED) is 0.535. The number of imidazole rings is 1. The molecule has 0 amide bonds. The molecule has 1 aliphatic heterocycles. The predicted molar refractivity (Wildman–Crippen MR) is 99.5 cm³/mol. The Hall–Kier alpha value is -3.08. The standard InChI is InChI=1S/C19H19N5O5/c20-15-12-16(22-8-21-15)24(9-23-12)17-13(25)14(26)19(29-17)6-11(7-19)28-18(27)10-4-2-1-3-5-10/h1-5,8-9,11,13-14,17,25-26H,6-7H2,(H2,20,21,22)/t11-,13-,14+,17-,19+/m1/s1. The molecule has 29 heavy (non-hydrogen) atoms. The number of aromatic nitrogens is 4. The number of nitrogen functional groups attached to an aromatic ring is 1. The number of rotatable bonds is 3. The molecule has 5 rings (SSSR count). The van der Waals surface area contributed by atoms with Crippen LogP contribution in [0.2, 0.25) is 0 Å². The van der Waals surface area contributed by atoms with E-state index in [2.05, 4.69) is 15.0 Å². The molecular weight excluding hydrogens is 378 g/mol. The first-order chi connectivity index (χ1) is 14.0. The first-order valence-corrected chi connectivity index (χ1v) is 9.21. The molecule has 10 nitrogen and oxygen atoms in total. The van der Waals surface area contributed by atoms with Crippen LogP contribution in [0.15, 0.2) is 43.0 Å². The van der Waals surface area contributed by atoms with E-state index in [1.54, 1.807) is 24.3 Å². The summed E-state index contributed by atoms with van der Waals surface area (Å²) in [6.07, 6.45) is -0.332. The van der Waals surface area contributed by atoms with Crippen LogP contribution in [0.1, 0.15) is 29.4 Å². The zero-order chi connectivity index (χ0) is 20.2. The van der Waals surface area contributed by atoms with Gasteiger partial charge >= 0.3 is 5.97 Å². The minimum Gasteiger partial charge on any atom is -0.459 e. The van der Waals surface area contributed by atoms with E-state index >= 15 is 0 Å². The summed E-state index contributed by atoms with van der Waals surface area (Å²) in [5.41, 5.74) is 6.06. The summed E-state index contributed by atoms with van der Waals surface area (Å²) in [7, 11) is 0. The molecule has 1 aliphatic carbocycles. The molecule has 2 aromatic heterocycles. The SMILES string of the molecule is Nc1ncnc2c1ncn2[C@@H]1O[C@]2(C[C@@H](OC(=O)c3ccccc3)C2)[C@@H](O)[C@H]1O. The molecule has 1 saturated carbocycles. The number of hydrogen-bond acceptors (Lipinski definition) is 9. The van der Waals surface area contributed by atoms with Crippen molar-refractivity contribution in [1.29, 1.82) is 0 Å². The Morgan fingerprint density at radius 1 is 1.21 bits per heavy atom. The lowest BCUT2D eigenvalue weighted by Gasteiger charge is -2.45. The van der Waals surface area contributed by atoms with Gasteiger partial charge in [-0.25, -0.2) is 19.7 Å². The highest BCUT2D eigenvalue weighted by molar-refractivity contribution is 5.89. The molecule has 1 spiro atoms. The van der Waals surface area contributed by atoms with Gasteiger partial charge in [-0.2, -0.15) is 0 Å². The number of aliphatic hydroxyl groups excluding tert-OH is 2. The van der Waals surface area contributed by atoms with Crippen LogP contribution in [-0.2, 0) is 9.47 Å². The third-order valence-electron chi connectivity index (χ3n) is 5.60. The van der Waals surface area contributed by atoms with Crippen molar-refractivity contribution >= 4 is 23.0 Å². The smallest absolute Gasteiger partial charge is 0.338 e. The molecule has 150 valence electrons. The fourth-order valence-electron chi connectivity index (χ4n) is 4.05. The number of anilines is 1. The highest BCUT2D eigenvalue weighted by Gasteiger charge is 2.62. The molecule has 3 heterocycles. The van der Waals surface area contributed by atoms with E-state index in [9.17, 15) is 15.0 Å². The summed E-state index contributed by atoms with van der Waals surface area (Å²) < 4.78 is 13.1. The van der Waals surface area contributed by atoms with E-state index in [4.69, 9.17) is 15.2 Å². The van der Waals surface area contributed by atoms with Gasteiger partial charge in [0.1, 0.15) is 35.8 Å². The first kappa shape index (κ1) is 18.0. The van der Waals surface area contributed by atoms with E-state index in [1.807, 2.05) is 6.07 Å². The normalized spacial score (nSPS) is 31.1. The number of carbonyl (C=O) groups is 1. The molecular formula is C19H19N5O5. The fourth-order valence-corrected chi connectivity index (χ4v) is 4.05. The molecule has 3 atom stereocenters. The molecule has 4 N–H and O–H groups in total. The summed E-state index contributed by atoms with van der Waals surface area (Å²) in [6, 6.07) is 8.69. The largest absolute Gasteiger partial charge is 0.459 e. The lowest BCUT2D eigenvalue weighted by molar-refractivity contribution is -0.189. The molecule has 2 fully saturated rings. The van der Waals surface area contributed by atoms with Gasteiger partial charge in [-0.3, -0.25) is 4.57 Å². The Bertz CT molecular complexity index is 1070. The van der Waals surface area contributed by atoms with E-state index in [1.165, 1.54) is 17.2 Å². The molecule has 0 unspecified atom stereocenters. The summed E-state index contributed by atoms with van der Waals surface area (Å²) in [5, 5.41) is 21.2. The number of hydrogen-bond donors (Lipinski definition) is 3. The van der Waals surface area contributed by atoms with Gasteiger partial charge in [0.2, 0.25) is 0 Å². The minimum atomic E-state index is -1.20. The number of esters is 1. The van der Waals surface area contributed by atoms with Crippen molar-refractivity contribution in [2.45, 2.75) is 43.0 Å². The Kier molecular flexibility index (Phi) is 4.02. The van der Waals surface area contributed by atoms with Crippen LogP contribution in [0.25, 0.3) is 11.2 Å². The predicted octanol–water partition coefficient (Wildman–Crippen LogP) is 0.417. The molecule has 1 saturated heterocycles. The maximum absolute atomic E-state index is 12.2. The van der Waals surface area contributed by atoms with Crippen molar-refractivity contribution in [2.24, 2.45) is 0 Å². The highest BCUT2D eigenvalue weighted by Crippen LogP contribution is 2.50. The van der Waals surface area contributed by atoms with E-state index in [0.717, 1.165) is 0 Å². The van der Waals surface area contributed by atoms with Crippen LogP contribution < -0.4 is 5.73 Å². The number of nitrogens with zero attached hydrogens (tertiary/aromatic N) is 4. The lowest BCUT2D eigenvalue weighted by atomic mass is 9.73. The van der Waals surface area contributed by atoms with E-state index < -0.39 is 36.1 Å². The summed E-state index contributed by atoms with van der Waals surface area (Å²) in [4.78, 5) is 24.4. The van der Waals surface area contributed by atoms with Crippen molar-refractivity contribution in [3.63, 3.8) is 0 Å². The average molecular weight is 397 g/mol. The van der Waals surface area contributed by atoms with Gasteiger partial charge in [-0.15, -0.1) is 0 Å². The summed E-state index contributed by atoms with van der Waals surface area (Å²) in [5.74, 6) is -0.212. The Morgan fingerprint density at radius 2 is 1.97 bits per heavy atom. The van der Waals surface area contributed by atoms with Crippen molar-refractivity contribution in [1.82, 2.24) is 19.5 Å². The average Bonchev–Trinajstić information content (AvgIpc) is 3.24. The molecule has 1 aromatic carbocycles. The van der Waals surface area contributed by atoms with Crippen molar-refractivity contribution in [2.75, 3.05) is 5.73 Å². The highest BCUT2D eigenvalue weighted by atomic mass is 16.6. The second kappa shape index (κ2) is 6.48. The zero-order valence-corrected chi connectivity index (χ0v) is 15.3. The molecule has 10 heteroatoms. The maximum atomic E-state index is 12.2. The van der Waals surface area contributed by atoms with Crippen LogP contribution in [-0.4, -0.2) is 59.6 Å². The van der Waals surface area contributed by atoms with Gasteiger partial charge in [0.25, 0.3) is 0 Å². The maximum Gasteiger partial charge on any atom is 0.338 e. The monoisotopic (exact) mass is 397 g/mol. The van der Waals surface area contributed by atoms with Gasteiger partial charge < -0.3 is 25.4 Å². The molecule has 0 bridgehead atoms. The number of carbonyl (C=O) groups excluding carboxylic acids is 1. The van der Waals surface area contributed by atoms with Gasteiger partial charge in [-0.1, -0.05) is 18.2 Å². The van der Waals surface area contributed by atoms with Gasteiger partial charge in [0.05, 0.1) is 11.9 Å². The number of nitrogens with two attached hydrogens (primary N) is 1. The summed E-state index contributed by atoms with van der Waals surface area (Å²) in [6.45, 7) is 0. The third-order valence-corrected chi connectivity index (χ3v) is 5.60. The van der Waals surface area contributed by atoms with Gasteiger partial charge in [0, 0.05) is 12.8 Å². The van der Waals surface area contributed by atoms with Crippen molar-refractivity contribution in [3.05, 3.63) is 48.5 Å². The number of ether oxygens (including phenoxy) is 2. The topological polar surface area (TPSA) is 146 Å². The third kappa shape index (κ3) is 2.76. The Labute approximate surface area is 164 Å². The molecule has 2 aliphatic rings. The van der Waals surface area contributed by atoms with Crippen LogP contribution >= 0.6 is 0 Å².